The van der Waals surface area contributed by atoms with E-state index in [4.69, 9.17) is 5.73 Å². The lowest BCUT2D eigenvalue weighted by atomic mass is 9.91. The third-order valence-electron chi connectivity index (χ3n) is 3.78. The van der Waals surface area contributed by atoms with Crippen LogP contribution >= 0.6 is 15.9 Å². The molecule has 0 radical (unpaired) electrons. The topological polar surface area (TPSA) is 29.3 Å². The number of nitrogens with two attached hydrogens (primary N) is 1. The van der Waals surface area contributed by atoms with E-state index in [9.17, 15) is 4.39 Å². The van der Waals surface area contributed by atoms with Crippen molar-refractivity contribution >= 4 is 15.9 Å². The van der Waals surface area contributed by atoms with Crippen LogP contribution in [-0.4, -0.2) is 24.0 Å². The van der Waals surface area contributed by atoms with Crippen molar-refractivity contribution in [2.75, 3.05) is 13.1 Å². The summed E-state index contributed by atoms with van der Waals surface area (Å²) >= 11 is 3.48. The van der Waals surface area contributed by atoms with Gasteiger partial charge in [-0.15, -0.1) is 0 Å². The molecule has 100 valence electrons. The number of benzene rings is 1. The number of rotatable bonds is 3. The smallest absolute Gasteiger partial charge is 0.123 e. The Morgan fingerprint density at radius 2 is 2.11 bits per heavy atom. The molecule has 1 aliphatic rings. The molecule has 0 aliphatic carbocycles. The fraction of sp³-hybridized carbons (Fsp3) is 0.571. The molecule has 18 heavy (non-hydrogen) atoms. The van der Waals surface area contributed by atoms with Crippen molar-refractivity contribution in [2.45, 2.75) is 32.4 Å². The fourth-order valence-corrected chi connectivity index (χ4v) is 2.91. The molecule has 0 spiro atoms. The number of hydrogen-bond donors (Lipinski definition) is 1. The van der Waals surface area contributed by atoms with Crippen LogP contribution in [0.2, 0.25) is 0 Å². The van der Waals surface area contributed by atoms with Crippen LogP contribution in [-0.2, 0) is 6.54 Å². The van der Waals surface area contributed by atoms with Crippen molar-refractivity contribution in [1.29, 1.82) is 0 Å². The highest BCUT2D eigenvalue weighted by Crippen LogP contribution is 2.24. The Morgan fingerprint density at radius 3 is 2.72 bits per heavy atom. The first kappa shape index (κ1) is 14.0. The second-order valence-electron chi connectivity index (χ2n) is 5.21. The van der Waals surface area contributed by atoms with Gasteiger partial charge in [-0.1, -0.05) is 15.9 Å². The summed E-state index contributed by atoms with van der Waals surface area (Å²) in [7, 11) is 0. The largest absolute Gasteiger partial charge is 0.328 e. The summed E-state index contributed by atoms with van der Waals surface area (Å²) in [5.41, 5.74) is 6.96. The summed E-state index contributed by atoms with van der Waals surface area (Å²) in [6.07, 6.45) is 2.29. The highest BCUT2D eigenvalue weighted by atomic mass is 79.9. The van der Waals surface area contributed by atoms with Crippen LogP contribution in [0.5, 0.6) is 0 Å². The first-order valence-electron chi connectivity index (χ1n) is 6.48. The molecule has 1 heterocycles. The van der Waals surface area contributed by atoms with E-state index in [2.05, 4.69) is 27.8 Å². The summed E-state index contributed by atoms with van der Waals surface area (Å²) < 4.78 is 14.2. The van der Waals surface area contributed by atoms with Crippen LogP contribution in [0.4, 0.5) is 4.39 Å². The van der Waals surface area contributed by atoms with E-state index in [1.807, 2.05) is 0 Å². The number of hydrogen-bond acceptors (Lipinski definition) is 2. The maximum atomic E-state index is 13.2. The van der Waals surface area contributed by atoms with Crippen molar-refractivity contribution in [3.8, 4) is 0 Å². The van der Waals surface area contributed by atoms with Gasteiger partial charge in [-0.05, 0) is 62.5 Å². The highest BCUT2D eigenvalue weighted by Gasteiger charge is 2.22. The lowest BCUT2D eigenvalue weighted by Crippen LogP contribution is -2.39. The summed E-state index contributed by atoms with van der Waals surface area (Å²) in [5.74, 6) is 0.468. The van der Waals surface area contributed by atoms with Gasteiger partial charge in [-0.2, -0.15) is 0 Å². The molecule has 1 aliphatic heterocycles. The van der Waals surface area contributed by atoms with Gasteiger partial charge in [0, 0.05) is 17.1 Å². The van der Waals surface area contributed by atoms with Crippen LogP contribution in [0.25, 0.3) is 0 Å². The van der Waals surface area contributed by atoms with Gasteiger partial charge in [0.25, 0.3) is 0 Å². The van der Waals surface area contributed by atoms with Crippen molar-refractivity contribution in [3.63, 3.8) is 0 Å². The van der Waals surface area contributed by atoms with E-state index in [0.29, 0.717) is 5.92 Å². The standard InChI is InChI=1S/C14H20BrFN2/c1-10(17)11-4-6-18(7-5-11)9-12-8-13(16)2-3-14(12)15/h2-3,8,10-11H,4-7,9,17H2,1H3. The second-order valence-corrected chi connectivity index (χ2v) is 6.06. The molecule has 1 fully saturated rings. The third-order valence-corrected chi connectivity index (χ3v) is 4.55. The number of piperidine rings is 1. The lowest BCUT2D eigenvalue weighted by Gasteiger charge is -2.33. The molecule has 0 saturated carbocycles. The van der Waals surface area contributed by atoms with Gasteiger partial charge in [0.2, 0.25) is 0 Å². The summed E-state index contributed by atoms with van der Waals surface area (Å²) in [4.78, 5) is 2.37. The Bertz CT molecular complexity index is 401. The number of nitrogens with zero attached hydrogens (tertiary/aromatic N) is 1. The zero-order chi connectivity index (χ0) is 13.1. The summed E-state index contributed by atoms with van der Waals surface area (Å²) in [5, 5.41) is 0. The van der Waals surface area contributed by atoms with Crippen LogP contribution in [0.15, 0.2) is 22.7 Å². The van der Waals surface area contributed by atoms with E-state index < -0.39 is 0 Å². The third kappa shape index (κ3) is 3.53. The highest BCUT2D eigenvalue weighted by molar-refractivity contribution is 9.10. The minimum Gasteiger partial charge on any atom is -0.328 e. The summed E-state index contributed by atoms with van der Waals surface area (Å²) in [6.45, 7) is 5.00. The molecule has 0 bridgehead atoms. The van der Waals surface area contributed by atoms with Crippen LogP contribution in [0.1, 0.15) is 25.3 Å². The van der Waals surface area contributed by atoms with Crippen LogP contribution in [0.3, 0.4) is 0 Å². The van der Waals surface area contributed by atoms with Crippen molar-refractivity contribution in [3.05, 3.63) is 34.1 Å². The normalized spacial score (nSPS) is 20.0. The fourth-order valence-electron chi connectivity index (χ4n) is 2.54. The molecule has 4 heteroatoms. The second kappa shape index (κ2) is 6.13. The van der Waals surface area contributed by atoms with Gasteiger partial charge in [0.1, 0.15) is 5.82 Å². The molecule has 1 unspecified atom stereocenters. The molecule has 2 N–H and O–H groups in total. The Kier molecular flexibility index (Phi) is 4.76. The van der Waals surface area contributed by atoms with E-state index in [0.717, 1.165) is 42.5 Å². The first-order valence-corrected chi connectivity index (χ1v) is 7.27. The van der Waals surface area contributed by atoms with Crippen LogP contribution in [0, 0.1) is 11.7 Å². The molecule has 0 amide bonds. The Morgan fingerprint density at radius 1 is 1.44 bits per heavy atom. The zero-order valence-corrected chi connectivity index (χ0v) is 12.3. The number of halogens is 2. The summed E-state index contributed by atoms with van der Waals surface area (Å²) in [6, 6.07) is 5.16. The van der Waals surface area contributed by atoms with Crippen LogP contribution < -0.4 is 5.73 Å². The Labute approximate surface area is 116 Å². The molecule has 2 nitrogen and oxygen atoms in total. The molecule has 1 saturated heterocycles. The van der Waals surface area contributed by atoms with Crippen molar-refractivity contribution in [1.82, 2.24) is 4.90 Å². The van der Waals surface area contributed by atoms with Gasteiger partial charge in [0.15, 0.2) is 0 Å². The minimum atomic E-state index is -0.168. The maximum absolute atomic E-state index is 13.2. The maximum Gasteiger partial charge on any atom is 0.123 e. The molecule has 0 aromatic heterocycles. The quantitative estimate of drug-likeness (QED) is 0.928. The van der Waals surface area contributed by atoms with E-state index in [1.54, 1.807) is 12.1 Å². The molecular weight excluding hydrogens is 295 g/mol. The van der Waals surface area contributed by atoms with E-state index in [1.165, 1.54) is 6.07 Å². The van der Waals surface area contributed by atoms with Crippen molar-refractivity contribution < 1.29 is 4.39 Å². The predicted octanol–water partition coefficient (Wildman–Crippen LogP) is 3.15. The monoisotopic (exact) mass is 314 g/mol. The van der Waals surface area contributed by atoms with Gasteiger partial charge >= 0.3 is 0 Å². The predicted molar refractivity (Wildman–Crippen MR) is 75.8 cm³/mol. The van der Waals surface area contributed by atoms with Gasteiger partial charge < -0.3 is 5.73 Å². The molecule has 1 aromatic rings. The zero-order valence-electron chi connectivity index (χ0n) is 10.7. The molecule has 1 aromatic carbocycles. The average Bonchev–Trinajstić information content (AvgIpc) is 2.34. The Hall–Kier alpha value is -0.450. The molecule has 2 rings (SSSR count). The van der Waals surface area contributed by atoms with E-state index in [-0.39, 0.29) is 11.9 Å². The number of likely N-dealkylation sites (tertiary alicyclic amines) is 1. The minimum absolute atomic E-state index is 0.168. The SMILES string of the molecule is CC(N)C1CCN(Cc2cc(F)ccc2Br)CC1. The average molecular weight is 315 g/mol. The lowest BCUT2D eigenvalue weighted by molar-refractivity contribution is 0.165. The van der Waals surface area contributed by atoms with Gasteiger partial charge in [-0.25, -0.2) is 4.39 Å². The van der Waals surface area contributed by atoms with Gasteiger partial charge in [-0.3, -0.25) is 4.90 Å². The molecular formula is C14H20BrFN2. The van der Waals surface area contributed by atoms with Crippen molar-refractivity contribution in [2.24, 2.45) is 11.7 Å². The Balaban J connectivity index is 1.93. The van der Waals surface area contributed by atoms with Gasteiger partial charge in [0.05, 0.1) is 0 Å². The first-order chi connectivity index (χ1) is 8.56. The van der Waals surface area contributed by atoms with E-state index >= 15 is 0 Å². The molecule has 1 atom stereocenters.